The van der Waals surface area contributed by atoms with Crippen molar-refractivity contribution in [3.8, 4) is 5.75 Å². The largest absolute Gasteiger partial charge is 0.484 e. The highest BCUT2D eigenvalue weighted by atomic mass is 16.5. The highest BCUT2D eigenvalue weighted by Gasteiger charge is 2.21. The molecule has 0 radical (unpaired) electrons. The first-order valence-corrected chi connectivity index (χ1v) is 11.3. The highest BCUT2D eigenvalue weighted by Crippen LogP contribution is 2.30. The van der Waals surface area contributed by atoms with Gasteiger partial charge in [0.05, 0.1) is 0 Å². The van der Waals surface area contributed by atoms with Crippen molar-refractivity contribution < 1.29 is 9.53 Å². The molecule has 2 aromatic rings. The van der Waals surface area contributed by atoms with Gasteiger partial charge in [-0.1, -0.05) is 55.1 Å². The number of aryl methyl sites for hydroxylation is 1. The summed E-state index contributed by atoms with van der Waals surface area (Å²) in [4.78, 5) is 13.9. The third-order valence-corrected chi connectivity index (χ3v) is 6.10. The van der Waals surface area contributed by atoms with E-state index in [1.807, 2.05) is 24.3 Å². The third-order valence-electron chi connectivity index (χ3n) is 6.10. The van der Waals surface area contributed by atoms with E-state index >= 15 is 0 Å². The SMILES string of the molecule is C=C(NCCN1CCC(C(=C)c2ccc(C)cc2)CC1)c1cccc(OCC(=O)NC)c1. The fourth-order valence-corrected chi connectivity index (χ4v) is 3.97. The lowest BCUT2D eigenvalue weighted by Crippen LogP contribution is -2.38. The summed E-state index contributed by atoms with van der Waals surface area (Å²) in [5, 5.41) is 5.97. The van der Waals surface area contributed by atoms with E-state index in [0.29, 0.717) is 11.7 Å². The Kier molecular flexibility index (Phi) is 8.51. The number of carbonyl (C=O) groups excluding carboxylic acids is 1. The van der Waals surface area contributed by atoms with E-state index in [0.717, 1.165) is 50.3 Å². The van der Waals surface area contributed by atoms with Gasteiger partial charge in [-0.2, -0.15) is 0 Å². The lowest BCUT2D eigenvalue weighted by atomic mass is 9.86. The van der Waals surface area contributed by atoms with E-state index in [4.69, 9.17) is 4.74 Å². The van der Waals surface area contributed by atoms with Gasteiger partial charge >= 0.3 is 0 Å². The van der Waals surface area contributed by atoms with Crippen LogP contribution in [0.1, 0.15) is 29.5 Å². The molecule has 0 spiro atoms. The molecule has 5 heteroatoms. The number of rotatable bonds is 10. The van der Waals surface area contributed by atoms with Crippen molar-refractivity contribution in [1.82, 2.24) is 15.5 Å². The lowest BCUT2D eigenvalue weighted by molar-refractivity contribution is -0.122. The second-order valence-electron chi connectivity index (χ2n) is 8.40. The molecule has 1 aliphatic heterocycles. The quantitative estimate of drug-likeness (QED) is 0.592. The predicted octanol–water partition coefficient (Wildman–Crippen LogP) is 4.11. The van der Waals surface area contributed by atoms with Gasteiger partial charge in [0.15, 0.2) is 6.61 Å². The van der Waals surface area contributed by atoms with Crippen LogP contribution < -0.4 is 15.4 Å². The maximum absolute atomic E-state index is 11.4. The Bertz CT molecular complexity index is 928. The molecule has 5 nitrogen and oxygen atoms in total. The number of likely N-dealkylation sites (N-methyl/N-ethyl adjacent to an activating group) is 1. The Balaban J connectivity index is 1.40. The smallest absolute Gasteiger partial charge is 0.257 e. The molecule has 2 aromatic carbocycles. The fourth-order valence-electron chi connectivity index (χ4n) is 3.97. The number of amides is 1. The number of ether oxygens (including phenoxy) is 1. The number of hydrogen-bond donors (Lipinski definition) is 2. The topological polar surface area (TPSA) is 53.6 Å². The van der Waals surface area contributed by atoms with Gasteiger partial charge in [0, 0.05) is 31.4 Å². The second kappa shape index (κ2) is 11.5. The summed E-state index contributed by atoms with van der Waals surface area (Å²) in [6.45, 7) is 14.7. The van der Waals surface area contributed by atoms with Crippen LogP contribution in [-0.4, -0.2) is 50.6 Å². The molecule has 1 amide bonds. The molecule has 1 fully saturated rings. The maximum Gasteiger partial charge on any atom is 0.257 e. The molecule has 2 N–H and O–H groups in total. The van der Waals surface area contributed by atoms with E-state index in [2.05, 4.69) is 59.9 Å². The van der Waals surface area contributed by atoms with Crippen molar-refractivity contribution in [3.05, 3.63) is 78.4 Å². The summed E-state index contributed by atoms with van der Waals surface area (Å²) < 4.78 is 5.52. The van der Waals surface area contributed by atoms with E-state index in [9.17, 15) is 4.79 Å². The molecule has 1 aliphatic rings. The van der Waals surface area contributed by atoms with Crippen LogP contribution >= 0.6 is 0 Å². The lowest BCUT2D eigenvalue weighted by Gasteiger charge is -2.33. The molecule has 0 aromatic heterocycles. The van der Waals surface area contributed by atoms with Crippen LogP contribution in [0.15, 0.2) is 61.7 Å². The van der Waals surface area contributed by atoms with Crippen molar-refractivity contribution in [2.24, 2.45) is 5.92 Å². The molecule has 0 unspecified atom stereocenters. The van der Waals surface area contributed by atoms with E-state index < -0.39 is 0 Å². The molecule has 1 heterocycles. The second-order valence-corrected chi connectivity index (χ2v) is 8.40. The minimum Gasteiger partial charge on any atom is -0.484 e. The zero-order valence-corrected chi connectivity index (χ0v) is 19.3. The molecule has 1 saturated heterocycles. The van der Waals surface area contributed by atoms with E-state index in [-0.39, 0.29) is 12.5 Å². The van der Waals surface area contributed by atoms with E-state index in [1.54, 1.807) is 7.05 Å². The summed E-state index contributed by atoms with van der Waals surface area (Å²) in [5.74, 6) is 1.07. The minimum absolute atomic E-state index is 0.00610. The summed E-state index contributed by atoms with van der Waals surface area (Å²) >= 11 is 0. The summed E-state index contributed by atoms with van der Waals surface area (Å²) in [5.41, 5.74) is 5.65. The van der Waals surface area contributed by atoms with Crippen LogP contribution in [-0.2, 0) is 4.79 Å². The highest BCUT2D eigenvalue weighted by molar-refractivity contribution is 5.77. The molecule has 0 saturated carbocycles. The first kappa shape index (κ1) is 23.6. The molecule has 3 rings (SSSR count). The standard InChI is InChI=1S/C27H35N3O2/c1-20-8-10-23(11-9-20)21(2)24-12-15-30(16-13-24)17-14-29-22(3)25-6-5-7-26(18-25)32-19-27(31)28-4/h5-11,18,24,29H,2-3,12-17,19H2,1,4H3,(H,28,31). The Morgan fingerprint density at radius 1 is 1.09 bits per heavy atom. The van der Waals surface area contributed by atoms with Gasteiger partial charge in [-0.15, -0.1) is 0 Å². The summed E-state index contributed by atoms with van der Waals surface area (Å²) in [6.07, 6.45) is 2.30. The van der Waals surface area contributed by atoms with Gasteiger partial charge in [-0.05, 0) is 62.0 Å². The van der Waals surface area contributed by atoms with Crippen LogP contribution in [0.2, 0.25) is 0 Å². The minimum atomic E-state index is -0.154. The summed E-state index contributed by atoms with van der Waals surface area (Å²) in [6, 6.07) is 16.4. The number of nitrogens with one attached hydrogen (secondary N) is 2. The Morgan fingerprint density at radius 3 is 2.50 bits per heavy atom. The van der Waals surface area contributed by atoms with Gasteiger partial charge in [0.2, 0.25) is 0 Å². The molecule has 0 bridgehead atoms. The van der Waals surface area contributed by atoms with Crippen LogP contribution in [0.25, 0.3) is 11.3 Å². The Hall–Kier alpha value is -3.05. The first-order chi connectivity index (χ1) is 15.5. The van der Waals surface area contributed by atoms with Crippen molar-refractivity contribution in [3.63, 3.8) is 0 Å². The zero-order chi connectivity index (χ0) is 22.9. The van der Waals surface area contributed by atoms with Gasteiger partial charge in [0.1, 0.15) is 5.75 Å². The molecular formula is C27H35N3O2. The van der Waals surface area contributed by atoms with Crippen molar-refractivity contribution >= 4 is 17.2 Å². The van der Waals surface area contributed by atoms with Gasteiger partial charge in [-0.3, -0.25) is 4.79 Å². The monoisotopic (exact) mass is 433 g/mol. The van der Waals surface area contributed by atoms with Gasteiger partial charge in [-0.25, -0.2) is 0 Å². The van der Waals surface area contributed by atoms with Gasteiger partial charge < -0.3 is 20.3 Å². The number of piperidine rings is 1. The average molecular weight is 434 g/mol. The van der Waals surface area contributed by atoms with Crippen LogP contribution in [0, 0.1) is 12.8 Å². The van der Waals surface area contributed by atoms with Crippen molar-refractivity contribution in [2.75, 3.05) is 39.8 Å². The number of hydrogen-bond acceptors (Lipinski definition) is 4. The molecule has 0 atom stereocenters. The zero-order valence-electron chi connectivity index (χ0n) is 19.3. The van der Waals surface area contributed by atoms with Crippen LogP contribution in [0.5, 0.6) is 5.75 Å². The first-order valence-electron chi connectivity index (χ1n) is 11.3. The summed E-state index contributed by atoms with van der Waals surface area (Å²) in [7, 11) is 1.59. The number of benzene rings is 2. The van der Waals surface area contributed by atoms with Crippen molar-refractivity contribution in [1.29, 1.82) is 0 Å². The number of nitrogens with zero attached hydrogens (tertiary/aromatic N) is 1. The molecule has 32 heavy (non-hydrogen) atoms. The van der Waals surface area contributed by atoms with Crippen molar-refractivity contribution in [2.45, 2.75) is 19.8 Å². The average Bonchev–Trinajstić information content (AvgIpc) is 2.83. The number of likely N-dealkylation sites (tertiary alicyclic amines) is 1. The molecular weight excluding hydrogens is 398 g/mol. The third kappa shape index (κ3) is 6.72. The maximum atomic E-state index is 11.4. The normalized spacial score (nSPS) is 14.6. The number of allylic oxidation sites excluding steroid dienone is 1. The molecule has 0 aliphatic carbocycles. The molecule has 170 valence electrons. The Morgan fingerprint density at radius 2 is 1.81 bits per heavy atom. The fraction of sp³-hybridized carbons (Fsp3) is 0.370. The van der Waals surface area contributed by atoms with Crippen LogP contribution in [0.3, 0.4) is 0 Å². The van der Waals surface area contributed by atoms with Crippen LogP contribution in [0.4, 0.5) is 0 Å². The Labute approximate surface area is 192 Å². The predicted molar refractivity (Wildman–Crippen MR) is 132 cm³/mol. The van der Waals surface area contributed by atoms with E-state index in [1.165, 1.54) is 16.7 Å². The number of carbonyl (C=O) groups is 1. The van der Waals surface area contributed by atoms with Gasteiger partial charge in [0.25, 0.3) is 5.91 Å².